The lowest BCUT2D eigenvalue weighted by Gasteiger charge is -2.22. The van der Waals surface area contributed by atoms with Crippen molar-refractivity contribution in [1.82, 2.24) is 15.2 Å². The lowest BCUT2D eigenvalue weighted by atomic mass is 9.89. The van der Waals surface area contributed by atoms with Gasteiger partial charge in [0.05, 0.1) is 0 Å². The first-order valence-electron chi connectivity index (χ1n) is 5.40. The van der Waals surface area contributed by atoms with Gasteiger partial charge in [0.1, 0.15) is 6.10 Å². The standard InChI is InChI=1S/C12H15N3O2/c1-12(2,3)9(16)11-15-14-10(17-11)8-4-6-13-7-5-8/h4-7,9,16H,1-3H3. The molecule has 2 aromatic rings. The van der Waals surface area contributed by atoms with Crippen molar-refractivity contribution in [1.29, 1.82) is 0 Å². The molecule has 0 fully saturated rings. The first-order chi connectivity index (χ1) is 7.98. The van der Waals surface area contributed by atoms with Crippen molar-refractivity contribution in [3.63, 3.8) is 0 Å². The van der Waals surface area contributed by atoms with Gasteiger partial charge in [0.15, 0.2) is 0 Å². The Bertz CT molecular complexity index is 488. The molecule has 0 aliphatic heterocycles. The highest BCUT2D eigenvalue weighted by Crippen LogP contribution is 2.32. The molecule has 1 atom stereocenters. The highest BCUT2D eigenvalue weighted by molar-refractivity contribution is 5.50. The number of aromatic nitrogens is 3. The third kappa shape index (κ3) is 2.50. The maximum Gasteiger partial charge on any atom is 0.248 e. The van der Waals surface area contributed by atoms with E-state index in [1.165, 1.54) is 0 Å². The van der Waals surface area contributed by atoms with Crippen LogP contribution in [0, 0.1) is 5.41 Å². The molecule has 0 aliphatic rings. The third-order valence-electron chi connectivity index (χ3n) is 2.42. The Morgan fingerprint density at radius 3 is 2.41 bits per heavy atom. The van der Waals surface area contributed by atoms with Crippen LogP contribution in [0.3, 0.4) is 0 Å². The van der Waals surface area contributed by atoms with Crippen molar-refractivity contribution in [3.8, 4) is 11.5 Å². The van der Waals surface area contributed by atoms with E-state index < -0.39 is 6.10 Å². The van der Waals surface area contributed by atoms with Crippen LogP contribution in [0.2, 0.25) is 0 Å². The molecule has 0 aliphatic carbocycles. The highest BCUT2D eigenvalue weighted by atomic mass is 16.4. The van der Waals surface area contributed by atoms with Crippen molar-refractivity contribution in [2.45, 2.75) is 26.9 Å². The van der Waals surface area contributed by atoms with Gasteiger partial charge >= 0.3 is 0 Å². The number of pyridine rings is 1. The third-order valence-corrected chi connectivity index (χ3v) is 2.42. The van der Waals surface area contributed by atoms with Crippen LogP contribution in [0.4, 0.5) is 0 Å². The van der Waals surface area contributed by atoms with E-state index in [0.717, 1.165) is 5.56 Å². The second-order valence-corrected chi connectivity index (χ2v) is 4.95. The number of hydrogen-bond acceptors (Lipinski definition) is 5. The Hall–Kier alpha value is -1.75. The van der Waals surface area contributed by atoms with Gasteiger partial charge in [0.25, 0.3) is 0 Å². The number of rotatable bonds is 2. The summed E-state index contributed by atoms with van der Waals surface area (Å²) in [6.45, 7) is 5.73. The van der Waals surface area contributed by atoms with Crippen LogP contribution in [0.1, 0.15) is 32.8 Å². The lowest BCUT2D eigenvalue weighted by molar-refractivity contribution is 0.0391. The van der Waals surface area contributed by atoms with E-state index in [1.54, 1.807) is 24.5 Å². The monoisotopic (exact) mass is 233 g/mol. The molecule has 0 radical (unpaired) electrons. The summed E-state index contributed by atoms with van der Waals surface area (Å²) in [6.07, 6.45) is 2.53. The maximum atomic E-state index is 10.0. The molecule has 1 N–H and O–H groups in total. The van der Waals surface area contributed by atoms with Crippen LogP contribution in [0.25, 0.3) is 11.5 Å². The fourth-order valence-corrected chi connectivity index (χ4v) is 1.33. The predicted octanol–water partition coefficient (Wildman–Crippen LogP) is 2.21. The molecule has 0 bridgehead atoms. The molecular weight excluding hydrogens is 218 g/mol. The predicted molar refractivity (Wildman–Crippen MR) is 61.9 cm³/mol. The average molecular weight is 233 g/mol. The van der Waals surface area contributed by atoms with Crippen molar-refractivity contribution in [3.05, 3.63) is 30.4 Å². The molecule has 90 valence electrons. The van der Waals surface area contributed by atoms with Gasteiger partial charge in [0.2, 0.25) is 11.8 Å². The van der Waals surface area contributed by atoms with Crippen LogP contribution < -0.4 is 0 Å². The molecule has 5 heteroatoms. The molecule has 2 rings (SSSR count). The summed E-state index contributed by atoms with van der Waals surface area (Å²) in [5, 5.41) is 17.8. The van der Waals surface area contributed by atoms with Gasteiger partial charge in [-0.1, -0.05) is 20.8 Å². The molecule has 5 nitrogen and oxygen atoms in total. The normalized spacial score (nSPS) is 13.6. The fourth-order valence-electron chi connectivity index (χ4n) is 1.33. The van der Waals surface area contributed by atoms with Crippen LogP contribution in [0.5, 0.6) is 0 Å². The minimum atomic E-state index is -0.773. The Morgan fingerprint density at radius 1 is 1.18 bits per heavy atom. The Kier molecular flexibility index (Phi) is 2.93. The molecule has 0 aromatic carbocycles. The Balaban J connectivity index is 2.28. The molecule has 1 unspecified atom stereocenters. The van der Waals surface area contributed by atoms with E-state index >= 15 is 0 Å². The summed E-state index contributed by atoms with van der Waals surface area (Å²) >= 11 is 0. The molecule has 2 heterocycles. The van der Waals surface area contributed by atoms with Crippen LogP contribution >= 0.6 is 0 Å². The van der Waals surface area contributed by atoms with Crippen LogP contribution in [-0.4, -0.2) is 20.3 Å². The zero-order valence-corrected chi connectivity index (χ0v) is 10.1. The van der Waals surface area contributed by atoms with Crippen LogP contribution in [-0.2, 0) is 0 Å². The second-order valence-electron chi connectivity index (χ2n) is 4.95. The first-order valence-corrected chi connectivity index (χ1v) is 5.40. The van der Waals surface area contributed by atoms with Gasteiger partial charge in [-0.15, -0.1) is 10.2 Å². The number of nitrogens with zero attached hydrogens (tertiary/aromatic N) is 3. The molecule has 17 heavy (non-hydrogen) atoms. The van der Waals surface area contributed by atoms with E-state index in [4.69, 9.17) is 4.42 Å². The van der Waals surface area contributed by atoms with E-state index in [1.807, 2.05) is 20.8 Å². The summed E-state index contributed by atoms with van der Waals surface area (Å²) < 4.78 is 5.46. The summed E-state index contributed by atoms with van der Waals surface area (Å²) in [6, 6.07) is 3.56. The van der Waals surface area contributed by atoms with Crippen molar-refractivity contribution >= 4 is 0 Å². The SMILES string of the molecule is CC(C)(C)C(O)c1nnc(-c2ccncc2)o1. The highest BCUT2D eigenvalue weighted by Gasteiger charge is 2.28. The smallest absolute Gasteiger partial charge is 0.248 e. The molecule has 2 aromatic heterocycles. The minimum absolute atomic E-state index is 0.240. The zero-order chi connectivity index (χ0) is 12.5. The first kappa shape index (κ1) is 11.7. The van der Waals surface area contributed by atoms with Gasteiger partial charge in [-0.3, -0.25) is 4.98 Å². The lowest BCUT2D eigenvalue weighted by Crippen LogP contribution is -2.18. The molecular formula is C12H15N3O2. The van der Waals surface area contributed by atoms with E-state index in [9.17, 15) is 5.11 Å². The van der Waals surface area contributed by atoms with Crippen molar-refractivity contribution in [2.24, 2.45) is 5.41 Å². The van der Waals surface area contributed by atoms with Crippen molar-refractivity contribution < 1.29 is 9.52 Å². The summed E-state index contributed by atoms with van der Waals surface area (Å²) in [4.78, 5) is 3.91. The number of aliphatic hydroxyl groups excluding tert-OH is 1. The summed E-state index contributed by atoms with van der Waals surface area (Å²) in [5.74, 6) is 0.634. The number of aliphatic hydroxyl groups is 1. The van der Waals surface area contributed by atoms with Gasteiger partial charge in [-0.2, -0.15) is 0 Å². The van der Waals surface area contributed by atoms with Gasteiger partial charge in [-0.25, -0.2) is 0 Å². The van der Waals surface area contributed by atoms with Gasteiger partial charge in [-0.05, 0) is 17.5 Å². The molecule has 0 spiro atoms. The molecule has 0 saturated carbocycles. The van der Waals surface area contributed by atoms with E-state index in [-0.39, 0.29) is 11.3 Å². The summed E-state index contributed by atoms with van der Waals surface area (Å²) in [5.41, 5.74) is 0.460. The van der Waals surface area contributed by atoms with Gasteiger partial charge in [0, 0.05) is 18.0 Å². The average Bonchev–Trinajstić information content (AvgIpc) is 2.77. The van der Waals surface area contributed by atoms with Crippen molar-refractivity contribution in [2.75, 3.05) is 0 Å². The number of hydrogen-bond donors (Lipinski definition) is 1. The van der Waals surface area contributed by atoms with E-state index in [2.05, 4.69) is 15.2 Å². The minimum Gasteiger partial charge on any atom is -0.418 e. The second kappa shape index (κ2) is 4.25. The van der Waals surface area contributed by atoms with Gasteiger partial charge < -0.3 is 9.52 Å². The molecule has 0 amide bonds. The maximum absolute atomic E-state index is 10.0. The quantitative estimate of drug-likeness (QED) is 0.861. The zero-order valence-electron chi connectivity index (χ0n) is 10.1. The molecule has 0 saturated heterocycles. The van der Waals surface area contributed by atoms with E-state index in [0.29, 0.717) is 5.89 Å². The Morgan fingerprint density at radius 2 is 1.82 bits per heavy atom. The largest absolute Gasteiger partial charge is 0.418 e. The fraction of sp³-hybridized carbons (Fsp3) is 0.417. The van der Waals surface area contributed by atoms with Crippen LogP contribution in [0.15, 0.2) is 28.9 Å². The topological polar surface area (TPSA) is 72.0 Å². The summed E-state index contributed by atoms with van der Waals surface area (Å²) in [7, 11) is 0. The Labute approximate surface area is 99.5 Å².